The Kier molecular flexibility index (Phi) is 4.88. The molecule has 0 saturated heterocycles. The van der Waals surface area contributed by atoms with Gasteiger partial charge in [0.1, 0.15) is 0 Å². The number of hydrogen-bond donors (Lipinski definition) is 2. The van der Waals surface area contributed by atoms with Gasteiger partial charge in [-0.05, 0) is 48.9 Å². The Balaban J connectivity index is 2.17. The van der Waals surface area contributed by atoms with Crippen LogP contribution in [0.4, 0.5) is 5.69 Å². The van der Waals surface area contributed by atoms with Crippen molar-refractivity contribution < 1.29 is 8.42 Å². The molecule has 1 atom stereocenters. The Morgan fingerprint density at radius 1 is 1.00 bits per heavy atom. The van der Waals surface area contributed by atoms with Gasteiger partial charge in [-0.1, -0.05) is 23.7 Å². The molecule has 0 heterocycles. The molecule has 2 rings (SSSR count). The molecule has 0 aromatic heterocycles. The van der Waals surface area contributed by atoms with Crippen LogP contribution in [0.2, 0.25) is 5.02 Å². The predicted octanol–water partition coefficient (Wildman–Crippen LogP) is 3.42. The van der Waals surface area contributed by atoms with Gasteiger partial charge in [0.05, 0.1) is 4.90 Å². The molecule has 6 heteroatoms. The van der Waals surface area contributed by atoms with Crippen LogP contribution in [-0.4, -0.2) is 15.5 Å². The first kappa shape index (κ1) is 15.8. The number of hydrogen-bond acceptors (Lipinski definition) is 3. The predicted molar refractivity (Wildman–Crippen MR) is 86.2 cm³/mol. The van der Waals surface area contributed by atoms with E-state index in [0.29, 0.717) is 5.02 Å². The molecule has 0 aliphatic rings. The minimum absolute atomic E-state index is 0.238. The van der Waals surface area contributed by atoms with Gasteiger partial charge in [-0.25, -0.2) is 13.1 Å². The molecule has 0 spiro atoms. The highest BCUT2D eigenvalue weighted by atomic mass is 35.5. The molecular weight excluding hydrogens is 308 g/mol. The SMILES string of the molecule is CNc1ccc(S(=O)(=O)NC(C)c2ccc(Cl)cc2)cc1. The zero-order valence-electron chi connectivity index (χ0n) is 11.8. The molecule has 2 aromatic carbocycles. The summed E-state index contributed by atoms with van der Waals surface area (Å²) >= 11 is 5.83. The van der Waals surface area contributed by atoms with E-state index in [1.165, 1.54) is 0 Å². The quantitative estimate of drug-likeness (QED) is 0.886. The average Bonchev–Trinajstić information content (AvgIpc) is 2.47. The Hall–Kier alpha value is -1.56. The topological polar surface area (TPSA) is 58.2 Å². The van der Waals surface area contributed by atoms with Crippen molar-refractivity contribution in [3.8, 4) is 0 Å². The fraction of sp³-hybridized carbons (Fsp3) is 0.200. The van der Waals surface area contributed by atoms with Crippen LogP contribution < -0.4 is 10.0 Å². The van der Waals surface area contributed by atoms with Crippen LogP contribution >= 0.6 is 11.6 Å². The molecule has 21 heavy (non-hydrogen) atoms. The van der Waals surface area contributed by atoms with E-state index in [9.17, 15) is 8.42 Å². The van der Waals surface area contributed by atoms with Crippen molar-refractivity contribution >= 4 is 27.3 Å². The van der Waals surface area contributed by atoms with Crippen molar-refractivity contribution in [2.45, 2.75) is 17.9 Å². The van der Waals surface area contributed by atoms with Gasteiger partial charge in [-0.3, -0.25) is 0 Å². The van der Waals surface area contributed by atoms with Crippen LogP contribution in [0, 0.1) is 0 Å². The zero-order valence-corrected chi connectivity index (χ0v) is 13.4. The van der Waals surface area contributed by atoms with Gasteiger partial charge < -0.3 is 5.32 Å². The Labute approximate surface area is 130 Å². The summed E-state index contributed by atoms with van der Waals surface area (Å²) in [6.07, 6.45) is 0. The normalized spacial score (nSPS) is 12.9. The fourth-order valence-electron chi connectivity index (χ4n) is 1.92. The van der Waals surface area contributed by atoms with Crippen LogP contribution in [0.5, 0.6) is 0 Å². The molecular formula is C15H17ClN2O2S. The first-order valence-corrected chi connectivity index (χ1v) is 8.34. The molecule has 2 N–H and O–H groups in total. The highest BCUT2D eigenvalue weighted by Crippen LogP contribution is 2.20. The molecule has 4 nitrogen and oxygen atoms in total. The monoisotopic (exact) mass is 324 g/mol. The number of halogens is 1. The van der Waals surface area contributed by atoms with Gasteiger partial charge in [0.15, 0.2) is 0 Å². The highest BCUT2D eigenvalue weighted by molar-refractivity contribution is 7.89. The lowest BCUT2D eigenvalue weighted by Gasteiger charge is -2.15. The minimum atomic E-state index is -3.55. The van der Waals surface area contributed by atoms with E-state index in [2.05, 4.69) is 10.0 Å². The molecule has 0 bridgehead atoms. The number of rotatable bonds is 5. The molecule has 0 aliphatic heterocycles. The Morgan fingerprint density at radius 3 is 2.10 bits per heavy atom. The summed E-state index contributed by atoms with van der Waals surface area (Å²) in [6.45, 7) is 1.79. The van der Waals surface area contributed by atoms with Gasteiger partial charge in [0.25, 0.3) is 0 Å². The summed E-state index contributed by atoms with van der Waals surface area (Å²) in [5, 5.41) is 3.57. The zero-order chi connectivity index (χ0) is 15.5. The lowest BCUT2D eigenvalue weighted by Crippen LogP contribution is -2.26. The summed E-state index contributed by atoms with van der Waals surface area (Å²) in [4.78, 5) is 0.238. The summed E-state index contributed by atoms with van der Waals surface area (Å²) in [5.41, 5.74) is 1.72. The molecule has 1 unspecified atom stereocenters. The number of anilines is 1. The van der Waals surface area contributed by atoms with Crippen molar-refractivity contribution in [2.75, 3.05) is 12.4 Å². The summed E-state index contributed by atoms with van der Waals surface area (Å²) < 4.78 is 27.3. The Morgan fingerprint density at radius 2 is 1.57 bits per heavy atom. The second-order valence-corrected chi connectivity index (χ2v) is 6.82. The highest BCUT2D eigenvalue weighted by Gasteiger charge is 2.18. The van der Waals surface area contributed by atoms with Gasteiger partial charge in [0, 0.05) is 23.8 Å². The number of benzene rings is 2. The van der Waals surface area contributed by atoms with E-state index >= 15 is 0 Å². The van der Waals surface area contributed by atoms with E-state index in [-0.39, 0.29) is 10.9 Å². The molecule has 0 amide bonds. The first-order valence-electron chi connectivity index (χ1n) is 6.48. The molecule has 0 aliphatic carbocycles. The van der Waals surface area contributed by atoms with Gasteiger partial charge >= 0.3 is 0 Å². The molecule has 0 saturated carbocycles. The van der Waals surface area contributed by atoms with Gasteiger partial charge in [-0.15, -0.1) is 0 Å². The van der Waals surface area contributed by atoms with Crippen molar-refractivity contribution in [3.05, 3.63) is 59.1 Å². The maximum Gasteiger partial charge on any atom is 0.241 e. The third-order valence-corrected chi connectivity index (χ3v) is 4.96. The standard InChI is InChI=1S/C15H17ClN2O2S/c1-11(12-3-5-13(16)6-4-12)18-21(19,20)15-9-7-14(17-2)8-10-15/h3-11,17-18H,1-2H3. The van der Waals surface area contributed by atoms with E-state index in [4.69, 9.17) is 11.6 Å². The second-order valence-electron chi connectivity index (χ2n) is 4.67. The summed E-state index contributed by atoms with van der Waals surface area (Å²) in [6, 6.07) is 13.3. The largest absolute Gasteiger partial charge is 0.388 e. The molecule has 112 valence electrons. The number of sulfonamides is 1. The lowest BCUT2D eigenvalue weighted by molar-refractivity contribution is 0.567. The van der Waals surface area contributed by atoms with E-state index in [1.807, 2.05) is 0 Å². The Bertz CT molecular complexity index is 697. The third kappa shape index (κ3) is 3.97. The van der Waals surface area contributed by atoms with Crippen LogP contribution in [-0.2, 0) is 10.0 Å². The van der Waals surface area contributed by atoms with Crippen LogP contribution in [0.25, 0.3) is 0 Å². The maximum absolute atomic E-state index is 12.3. The third-order valence-electron chi connectivity index (χ3n) is 3.16. The van der Waals surface area contributed by atoms with Crippen molar-refractivity contribution in [3.63, 3.8) is 0 Å². The van der Waals surface area contributed by atoms with Crippen LogP contribution in [0.3, 0.4) is 0 Å². The summed E-state index contributed by atoms with van der Waals surface area (Å²) in [5.74, 6) is 0. The minimum Gasteiger partial charge on any atom is -0.388 e. The van der Waals surface area contributed by atoms with Gasteiger partial charge in [0.2, 0.25) is 10.0 Å². The molecule has 0 fully saturated rings. The van der Waals surface area contributed by atoms with Crippen LogP contribution in [0.15, 0.2) is 53.4 Å². The van der Waals surface area contributed by atoms with Crippen LogP contribution in [0.1, 0.15) is 18.5 Å². The number of nitrogens with one attached hydrogen (secondary N) is 2. The first-order chi connectivity index (χ1) is 9.92. The lowest BCUT2D eigenvalue weighted by atomic mass is 10.1. The van der Waals surface area contributed by atoms with E-state index in [0.717, 1.165) is 11.3 Å². The second kappa shape index (κ2) is 6.47. The molecule has 2 aromatic rings. The average molecular weight is 325 g/mol. The van der Waals surface area contributed by atoms with Crippen molar-refractivity contribution in [1.29, 1.82) is 0 Å². The summed E-state index contributed by atoms with van der Waals surface area (Å²) in [7, 11) is -1.77. The molecule has 0 radical (unpaired) electrons. The van der Waals surface area contributed by atoms with Crippen molar-refractivity contribution in [1.82, 2.24) is 4.72 Å². The smallest absolute Gasteiger partial charge is 0.241 e. The van der Waals surface area contributed by atoms with E-state index < -0.39 is 10.0 Å². The van der Waals surface area contributed by atoms with E-state index in [1.54, 1.807) is 62.5 Å². The van der Waals surface area contributed by atoms with Crippen molar-refractivity contribution in [2.24, 2.45) is 0 Å². The fourth-order valence-corrected chi connectivity index (χ4v) is 3.28. The van der Waals surface area contributed by atoms with Gasteiger partial charge in [-0.2, -0.15) is 0 Å². The maximum atomic E-state index is 12.3.